The summed E-state index contributed by atoms with van der Waals surface area (Å²) in [5, 5.41) is 2.90. The maximum atomic E-state index is 11.9. The van der Waals surface area contributed by atoms with Gasteiger partial charge in [0.2, 0.25) is 5.91 Å². The average molecular weight is 313 g/mol. The summed E-state index contributed by atoms with van der Waals surface area (Å²) in [6.45, 7) is 0. The van der Waals surface area contributed by atoms with E-state index < -0.39 is 0 Å². The molecule has 2 aromatic carbocycles. The lowest BCUT2D eigenvalue weighted by Crippen LogP contribution is -2.11. The van der Waals surface area contributed by atoms with Gasteiger partial charge in [0.25, 0.3) is 0 Å². The molecule has 0 atom stereocenters. The minimum absolute atomic E-state index is 0.0462. The molecule has 0 spiro atoms. The van der Waals surface area contributed by atoms with E-state index in [0.717, 1.165) is 36.4 Å². The number of hydrogen-bond donors (Lipinski definition) is 1. The van der Waals surface area contributed by atoms with Crippen LogP contribution in [-0.2, 0) is 11.2 Å². The van der Waals surface area contributed by atoms with Crippen molar-refractivity contribution in [2.24, 2.45) is 0 Å². The number of ether oxygens (including phenoxy) is 2. The summed E-state index contributed by atoms with van der Waals surface area (Å²) in [6, 6.07) is 15.4. The van der Waals surface area contributed by atoms with Gasteiger partial charge in [0, 0.05) is 12.1 Å². The summed E-state index contributed by atoms with van der Waals surface area (Å²) in [4.78, 5) is 11.9. The molecule has 0 saturated carbocycles. The highest BCUT2D eigenvalue weighted by Crippen LogP contribution is 2.16. The number of rotatable bonds is 8. The molecule has 0 radical (unpaired) electrons. The number of anilines is 1. The van der Waals surface area contributed by atoms with Crippen LogP contribution in [0.15, 0.2) is 48.5 Å². The zero-order chi connectivity index (χ0) is 16.5. The molecule has 0 bridgehead atoms. The fourth-order valence-electron chi connectivity index (χ4n) is 2.30. The van der Waals surface area contributed by atoms with Gasteiger partial charge in [0.05, 0.1) is 14.2 Å². The van der Waals surface area contributed by atoms with Gasteiger partial charge in [-0.05, 0) is 61.2 Å². The Balaban J connectivity index is 1.67. The summed E-state index contributed by atoms with van der Waals surface area (Å²) in [5.41, 5.74) is 2.06. The van der Waals surface area contributed by atoms with Crippen LogP contribution in [0, 0.1) is 0 Å². The number of benzene rings is 2. The first-order chi connectivity index (χ1) is 11.2. The van der Waals surface area contributed by atoms with Gasteiger partial charge < -0.3 is 14.8 Å². The van der Waals surface area contributed by atoms with Gasteiger partial charge in [-0.15, -0.1) is 0 Å². The number of carbonyl (C=O) groups is 1. The van der Waals surface area contributed by atoms with Crippen LogP contribution in [0.3, 0.4) is 0 Å². The quantitative estimate of drug-likeness (QED) is 0.748. The van der Waals surface area contributed by atoms with E-state index in [-0.39, 0.29) is 5.91 Å². The van der Waals surface area contributed by atoms with Crippen LogP contribution in [0.4, 0.5) is 5.69 Å². The van der Waals surface area contributed by atoms with Crippen LogP contribution in [0.25, 0.3) is 0 Å². The van der Waals surface area contributed by atoms with Crippen LogP contribution in [0.5, 0.6) is 11.5 Å². The molecule has 1 amide bonds. The van der Waals surface area contributed by atoms with Gasteiger partial charge in [0.1, 0.15) is 11.5 Å². The Kier molecular flexibility index (Phi) is 6.48. The van der Waals surface area contributed by atoms with Crippen molar-refractivity contribution in [3.05, 3.63) is 54.1 Å². The van der Waals surface area contributed by atoms with Crippen molar-refractivity contribution in [1.29, 1.82) is 0 Å². The predicted octanol–water partition coefficient (Wildman–Crippen LogP) is 4.06. The number of methoxy groups -OCH3 is 2. The maximum Gasteiger partial charge on any atom is 0.224 e. The van der Waals surface area contributed by atoms with E-state index >= 15 is 0 Å². The van der Waals surface area contributed by atoms with Crippen molar-refractivity contribution in [2.75, 3.05) is 19.5 Å². The highest BCUT2D eigenvalue weighted by atomic mass is 16.5. The van der Waals surface area contributed by atoms with Crippen molar-refractivity contribution < 1.29 is 14.3 Å². The third-order valence-corrected chi connectivity index (χ3v) is 3.65. The highest BCUT2D eigenvalue weighted by Gasteiger charge is 2.03. The van der Waals surface area contributed by atoms with Crippen molar-refractivity contribution in [3.63, 3.8) is 0 Å². The molecule has 0 aromatic heterocycles. The molecule has 2 rings (SSSR count). The fourth-order valence-corrected chi connectivity index (χ4v) is 2.30. The second-order valence-electron chi connectivity index (χ2n) is 5.33. The zero-order valence-electron chi connectivity index (χ0n) is 13.7. The molecule has 0 saturated heterocycles. The summed E-state index contributed by atoms with van der Waals surface area (Å²) >= 11 is 0. The number of aryl methyl sites for hydroxylation is 1. The molecule has 122 valence electrons. The lowest BCUT2D eigenvalue weighted by Gasteiger charge is -2.07. The van der Waals surface area contributed by atoms with Crippen molar-refractivity contribution in [1.82, 2.24) is 0 Å². The molecule has 1 N–H and O–H groups in total. The van der Waals surface area contributed by atoms with Crippen molar-refractivity contribution in [2.45, 2.75) is 25.7 Å². The summed E-state index contributed by atoms with van der Waals surface area (Å²) in [6.07, 6.45) is 3.36. The average Bonchev–Trinajstić information content (AvgIpc) is 2.60. The first-order valence-corrected chi connectivity index (χ1v) is 7.78. The molecular weight excluding hydrogens is 290 g/mol. The molecule has 4 nitrogen and oxygen atoms in total. The zero-order valence-corrected chi connectivity index (χ0v) is 13.7. The highest BCUT2D eigenvalue weighted by molar-refractivity contribution is 5.90. The van der Waals surface area contributed by atoms with Crippen LogP contribution in [0.1, 0.15) is 24.8 Å². The van der Waals surface area contributed by atoms with E-state index in [1.54, 1.807) is 14.2 Å². The molecule has 0 aliphatic rings. The molecular formula is C19H23NO3. The third-order valence-electron chi connectivity index (χ3n) is 3.65. The lowest BCUT2D eigenvalue weighted by molar-refractivity contribution is -0.116. The Morgan fingerprint density at radius 3 is 2.00 bits per heavy atom. The Morgan fingerprint density at radius 2 is 1.43 bits per heavy atom. The monoisotopic (exact) mass is 313 g/mol. The van der Waals surface area contributed by atoms with Crippen LogP contribution in [-0.4, -0.2) is 20.1 Å². The molecule has 0 heterocycles. The van der Waals surface area contributed by atoms with E-state index in [2.05, 4.69) is 17.4 Å². The second kappa shape index (κ2) is 8.83. The van der Waals surface area contributed by atoms with E-state index in [9.17, 15) is 4.79 Å². The molecule has 2 aromatic rings. The van der Waals surface area contributed by atoms with E-state index in [1.165, 1.54) is 5.56 Å². The number of hydrogen-bond acceptors (Lipinski definition) is 3. The summed E-state index contributed by atoms with van der Waals surface area (Å²) < 4.78 is 10.2. The predicted molar refractivity (Wildman–Crippen MR) is 92.2 cm³/mol. The SMILES string of the molecule is COc1ccc(CCCCC(=O)Nc2ccc(OC)cc2)cc1. The Morgan fingerprint density at radius 1 is 0.870 bits per heavy atom. The minimum atomic E-state index is 0.0462. The molecule has 0 fully saturated rings. The number of carbonyl (C=O) groups excluding carboxylic acids is 1. The lowest BCUT2D eigenvalue weighted by atomic mass is 10.1. The van der Waals surface area contributed by atoms with Gasteiger partial charge in [-0.25, -0.2) is 0 Å². The Hall–Kier alpha value is -2.49. The maximum absolute atomic E-state index is 11.9. The molecule has 0 aliphatic heterocycles. The van der Waals surface area contributed by atoms with Gasteiger partial charge in [0.15, 0.2) is 0 Å². The normalized spacial score (nSPS) is 10.2. The first-order valence-electron chi connectivity index (χ1n) is 7.78. The second-order valence-corrected chi connectivity index (χ2v) is 5.33. The topological polar surface area (TPSA) is 47.6 Å². The van der Waals surface area contributed by atoms with Crippen LogP contribution in [0.2, 0.25) is 0 Å². The summed E-state index contributed by atoms with van der Waals surface area (Å²) in [7, 11) is 3.28. The van der Waals surface area contributed by atoms with Crippen molar-refractivity contribution >= 4 is 11.6 Å². The Labute approximate surface area is 137 Å². The van der Waals surface area contributed by atoms with Crippen molar-refractivity contribution in [3.8, 4) is 11.5 Å². The smallest absolute Gasteiger partial charge is 0.224 e. The first kappa shape index (κ1) is 16.9. The van der Waals surface area contributed by atoms with Gasteiger partial charge in [-0.3, -0.25) is 4.79 Å². The van der Waals surface area contributed by atoms with Gasteiger partial charge in [-0.2, -0.15) is 0 Å². The van der Waals surface area contributed by atoms with E-state index in [0.29, 0.717) is 6.42 Å². The third kappa shape index (κ3) is 5.66. The minimum Gasteiger partial charge on any atom is -0.497 e. The van der Waals surface area contributed by atoms with Crippen LogP contribution >= 0.6 is 0 Å². The number of amides is 1. The van der Waals surface area contributed by atoms with Crippen LogP contribution < -0.4 is 14.8 Å². The molecule has 4 heteroatoms. The standard InChI is InChI=1S/C19H23NO3/c1-22-17-11-7-15(8-12-17)5-3-4-6-19(21)20-16-9-13-18(23-2)14-10-16/h7-14H,3-6H2,1-2H3,(H,20,21). The number of unbranched alkanes of at least 4 members (excludes halogenated alkanes) is 1. The van der Waals surface area contributed by atoms with Gasteiger partial charge in [-0.1, -0.05) is 12.1 Å². The molecule has 0 unspecified atom stereocenters. The largest absolute Gasteiger partial charge is 0.497 e. The van der Waals surface area contributed by atoms with Gasteiger partial charge >= 0.3 is 0 Å². The Bertz CT molecular complexity index is 606. The summed E-state index contributed by atoms with van der Waals surface area (Å²) in [5.74, 6) is 1.69. The molecule has 23 heavy (non-hydrogen) atoms. The van der Waals surface area contributed by atoms with E-state index in [4.69, 9.17) is 9.47 Å². The van der Waals surface area contributed by atoms with E-state index in [1.807, 2.05) is 36.4 Å². The number of nitrogens with one attached hydrogen (secondary N) is 1. The molecule has 0 aliphatic carbocycles. The fraction of sp³-hybridized carbons (Fsp3) is 0.316.